The number of nitriles is 2. The van der Waals surface area contributed by atoms with Gasteiger partial charge in [-0.25, -0.2) is 0 Å². The van der Waals surface area contributed by atoms with Gasteiger partial charge in [0.1, 0.15) is 6.07 Å². The Labute approximate surface area is 121 Å². The summed E-state index contributed by atoms with van der Waals surface area (Å²) in [5, 5.41) is 29.1. The highest BCUT2D eigenvalue weighted by Crippen LogP contribution is 2.33. The average Bonchev–Trinajstić information content (AvgIpc) is 2.52. The number of para-hydroxylation sites is 1. The van der Waals surface area contributed by atoms with E-state index < -0.39 is 4.92 Å². The molecule has 0 radical (unpaired) electrons. The van der Waals surface area contributed by atoms with Crippen LogP contribution < -0.4 is 0 Å². The molecule has 21 heavy (non-hydrogen) atoms. The van der Waals surface area contributed by atoms with Gasteiger partial charge in [0, 0.05) is 17.7 Å². The Morgan fingerprint density at radius 2 is 1.76 bits per heavy atom. The second kappa shape index (κ2) is 6.14. The first kappa shape index (κ1) is 14.0. The van der Waals surface area contributed by atoms with Gasteiger partial charge in [0.15, 0.2) is 0 Å². The third-order valence-electron chi connectivity index (χ3n) is 2.94. The molecule has 0 N–H and O–H groups in total. The zero-order valence-corrected chi connectivity index (χ0v) is 10.9. The predicted octanol–water partition coefficient (Wildman–Crippen LogP) is 3.67. The van der Waals surface area contributed by atoms with Crippen molar-refractivity contribution in [2.24, 2.45) is 0 Å². The summed E-state index contributed by atoms with van der Waals surface area (Å²) in [6, 6.07) is 15.2. The Morgan fingerprint density at radius 3 is 2.43 bits per heavy atom. The summed E-state index contributed by atoms with van der Waals surface area (Å²) < 4.78 is 0. The lowest BCUT2D eigenvalue weighted by molar-refractivity contribution is -0.384. The molecule has 0 saturated heterocycles. The van der Waals surface area contributed by atoms with Crippen LogP contribution in [0.15, 0.2) is 48.5 Å². The van der Waals surface area contributed by atoms with Gasteiger partial charge in [0.25, 0.3) is 5.69 Å². The van der Waals surface area contributed by atoms with E-state index in [0.717, 1.165) is 0 Å². The zero-order chi connectivity index (χ0) is 15.2. The van der Waals surface area contributed by atoms with Crippen molar-refractivity contribution in [3.63, 3.8) is 0 Å². The van der Waals surface area contributed by atoms with Gasteiger partial charge in [-0.1, -0.05) is 30.3 Å². The molecule has 5 heteroatoms. The second-order valence-electron chi connectivity index (χ2n) is 4.12. The molecule has 100 valence electrons. The monoisotopic (exact) mass is 275 g/mol. The van der Waals surface area contributed by atoms with Gasteiger partial charge in [0.2, 0.25) is 0 Å². The number of hydrogen-bond donors (Lipinski definition) is 0. The van der Waals surface area contributed by atoms with E-state index in [9.17, 15) is 15.4 Å². The molecule has 0 aliphatic heterocycles. The molecule has 0 amide bonds. The number of benzene rings is 2. The SMILES string of the molecule is N#C/C=C\c1cccc(-c2ccccc2[N+](=O)[O-])c1C#N. The van der Waals surface area contributed by atoms with Crippen molar-refractivity contribution in [1.29, 1.82) is 10.5 Å². The summed E-state index contributed by atoms with van der Waals surface area (Å²) in [6.45, 7) is 0. The number of hydrogen-bond acceptors (Lipinski definition) is 4. The molecule has 0 bridgehead atoms. The van der Waals surface area contributed by atoms with Crippen molar-refractivity contribution in [3.05, 3.63) is 69.8 Å². The first-order chi connectivity index (χ1) is 10.2. The van der Waals surface area contributed by atoms with Gasteiger partial charge in [-0.15, -0.1) is 0 Å². The maximum atomic E-state index is 11.1. The molecule has 2 aromatic carbocycles. The molecule has 0 fully saturated rings. The van der Waals surface area contributed by atoms with E-state index in [-0.39, 0.29) is 5.69 Å². The summed E-state index contributed by atoms with van der Waals surface area (Å²) in [4.78, 5) is 10.6. The van der Waals surface area contributed by atoms with Crippen molar-refractivity contribution < 1.29 is 4.92 Å². The molecule has 0 aromatic heterocycles. The second-order valence-corrected chi connectivity index (χ2v) is 4.12. The van der Waals surface area contributed by atoms with Gasteiger partial charge < -0.3 is 0 Å². The van der Waals surface area contributed by atoms with Crippen LogP contribution in [0.4, 0.5) is 5.69 Å². The van der Waals surface area contributed by atoms with E-state index in [1.165, 1.54) is 18.2 Å². The molecule has 0 saturated carbocycles. The van der Waals surface area contributed by atoms with Crippen LogP contribution in [0, 0.1) is 32.8 Å². The van der Waals surface area contributed by atoms with E-state index in [1.54, 1.807) is 36.4 Å². The standard InChI is InChI=1S/C16H9N3O2/c17-10-4-6-12-5-3-8-13(15(12)11-18)14-7-1-2-9-16(14)19(20)21/h1-9H/b6-4-. The Balaban J connectivity index is 2.72. The summed E-state index contributed by atoms with van der Waals surface area (Å²) in [5.74, 6) is 0. The maximum Gasteiger partial charge on any atom is 0.277 e. The Kier molecular flexibility index (Phi) is 4.09. The average molecular weight is 275 g/mol. The molecule has 2 aromatic rings. The van der Waals surface area contributed by atoms with E-state index >= 15 is 0 Å². The molecule has 0 aliphatic carbocycles. The molecule has 2 rings (SSSR count). The molecular formula is C16H9N3O2. The van der Waals surface area contributed by atoms with Crippen molar-refractivity contribution in [2.45, 2.75) is 0 Å². The highest BCUT2D eigenvalue weighted by molar-refractivity contribution is 5.81. The van der Waals surface area contributed by atoms with E-state index in [2.05, 4.69) is 6.07 Å². The van der Waals surface area contributed by atoms with Crippen molar-refractivity contribution in [3.8, 4) is 23.3 Å². The van der Waals surface area contributed by atoms with Gasteiger partial charge in [-0.3, -0.25) is 10.1 Å². The Hall–Kier alpha value is -3.44. The number of rotatable bonds is 3. The highest BCUT2D eigenvalue weighted by atomic mass is 16.6. The number of nitro benzene ring substituents is 1. The quantitative estimate of drug-likeness (QED) is 0.485. The Bertz CT molecular complexity index is 811. The van der Waals surface area contributed by atoms with Crippen molar-refractivity contribution >= 4 is 11.8 Å². The molecule has 0 spiro atoms. The van der Waals surface area contributed by atoms with E-state index in [0.29, 0.717) is 22.3 Å². The summed E-state index contributed by atoms with van der Waals surface area (Å²) in [6.07, 6.45) is 2.77. The fourth-order valence-electron chi connectivity index (χ4n) is 2.05. The number of nitro groups is 1. The highest BCUT2D eigenvalue weighted by Gasteiger charge is 2.17. The first-order valence-electron chi connectivity index (χ1n) is 6.02. The minimum absolute atomic E-state index is 0.0598. The smallest absolute Gasteiger partial charge is 0.258 e. The lowest BCUT2D eigenvalue weighted by Gasteiger charge is -2.07. The van der Waals surface area contributed by atoms with Gasteiger partial charge in [-0.05, 0) is 17.7 Å². The zero-order valence-electron chi connectivity index (χ0n) is 10.9. The summed E-state index contributed by atoms with van der Waals surface area (Å²) in [7, 11) is 0. The normalized spacial score (nSPS) is 10.0. The Morgan fingerprint density at radius 1 is 1.05 bits per heavy atom. The van der Waals surface area contributed by atoms with Crippen LogP contribution in [0.5, 0.6) is 0 Å². The van der Waals surface area contributed by atoms with Gasteiger partial charge in [0.05, 0.1) is 22.1 Å². The third kappa shape index (κ3) is 2.78. The fraction of sp³-hybridized carbons (Fsp3) is 0. The van der Waals surface area contributed by atoms with Gasteiger partial charge in [-0.2, -0.15) is 10.5 Å². The predicted molar refractivity (Wildman–Crippen MR) is 77.9 cm³/mol. The number of nitrogens with zero attached hydrogens (tertiary/aromatic N) is 3. The van der Waals surface area contributed by atoms with Crippen LogP contribution in [0.1, 0.15) is 11.1 Å². The van der Waals surface area contributed by atoms with Crippen molar-refractivity contribution in [2.75, 3.05) is 0 Å². The van der Waals surface area contributed by atoms with E-state index in [1.807, 2.05) is 6.07 Å². The molecule has 5 nitrogen and oxygen atoms in total. The third-order valence-corrected chi connectivity index (χ3v) is 2.94. The lowest BCUT2D eigenvalue weighted by atomic mass is 9.95. The molecule has 0 heterocycles. The fourth-order valence-corrected chi connectivity index (χ4v) is 2.05. The van der Waals surface area contributed by atoms with Crippen LogP contribution in [0.2, 0.25) is 0 Å². The minimum Gasteiger partial charge on any atom is -0.258 e. The molecule has 0 aliphatic rings. The topological polar surface area (TPSA) is 90.7 Å². The summed E-state index contributed by atoms with van der Waals surface area (Å²) >= 11 is 0. The van der Waals surface area contributed by atoms with Crippen LogP contribution >= 0.6 is 0 Å². The summed E-state index contributed by atoms with van der Waals surface area (Å²) in [5.41, 5.74) is 1.65. The van der Waals surface area contributed by atoms with Crippen LogP contribution in [-0.4, -0.2) is 4.92 Å². The molecular weight excluding hydrogens is 266 g/mol. The lowest BCUT2D eigenvalue weighted by Crippen LogP contribution is -1.94. The van der Waals surface area contributed by atoms with Gasteiger partial charge >= 0.3 is 0 Å². The van der Waals surface area contributed by atoms with Crippen LogP contribution in [-0.2, 0) is 0 Å². The van der Waals surface area contributed by atoms with Crippen LogP contribution in [0.25, 0.3) is 17.2 Å². The van der Waals surface area contributed by atoms with E-state index in [4.69, 9.17) is 5.26 Å². The van der Waals surface area contributed by atoms with Crippen molar-refractivity contribution in [1.82, 2.24) is 0 Å². The van der Waals surface area contributed by atoms with Crippen LogP contribution in [0.3, 0.4) is 0 Å². The minimum atomic E-state index is -0.478. The first-order valence-corrected chi connectivity index (χ1v) is 6.02. The number of allylic oxidation sites excluding steroid dienone is 1. The maximum absolute atomic E-state index is 11.1. The largest absolute Gasteiger partial charge is 0.277 e. The molecule has 0 atom stereocenters. The molecule has 0 unspecified atom stereocenters.